The Hall–Kier alpha value is -3.11. The lowest BCUT2D eigenvalue weighted by Gasteiger charge is -2.27. The number of phenols is 1. The van der Waals surface area contributed by atoms with Crippen LogP contribution in [0.2, 0.25) is 5.02 Å². The summed E-state index contributed by atoms with van der Waals surface area (Å²) in [6.45, 7) is 4.40. The Balaban J connectivity index is 1.88. The van der Waals surface area contributed by atoms with Crippen LogP contribution in [0.15, 0.2) is 45.6 Å². The monoisotopic (exact) mass is 531 g/mol. The minimum atomic E-state index is -0.474. The molecular formula is C27H30ClNO8. The first-order chi connectivity index (χ1) is 17.8. The molecule has 0 spiro atoms. The van der Waals surface area contributed by atoms with E-state index in [2.05, 4.69) is 5.32 Å². The number of ether oxygens (including phenoxy) is 4. The van der Waals surface area contributed by atoms with Crippen LogP contribution in [0.5, 0.6) is 11.5 Å². The topological polar surface area (TPSA) is 116 Å². The van der Waals surface area contributed by atoms with E-state index in [0.717, 1.165) is 0 Å². The summed E-state index contributed by atoms with van der Waals surface area (Å²) in [7, 11) is 1.57. The average Bonchev–Trinajstić information content (AvgIpc) is 3.33. The number of benzene rings is 2. The lowest BCUT2D eigenvalue weighted by molar-refractivity contribution is -0.146. The van der Waals surface area contributed by atoms with Gasteiger partial charge >= 0.3 is 5.97 Å². The third-order valence-electron chi connectivity index (χ3n) is 6.35. The third kappa shape index (κ3) is 5.91. The summed E-state index contributed by atoms with van der Waals surface area (Å²) in [4.78, 5) is 24.9. The van der Waals surface area contributed by atoms with E-state index >= 15 is 0 Å². The maximum atomic E-state index is 13.2. The normalized spacial score (nSPS) is 18.2. The molecule has 1 aliphatic rings. The largest absolute Gasteiger partial charge is 0.507 e. The molecule has 2 aromatic carbocycles. The van der Waals surface area contributed by atoms with Gasteiger partial charge in [-0.3, -0.25) is 9.59 Å². The van der Waals surface area contributed by atoms with Gasteiger partial charge in [-0.1, -0.05) is 23.7 Å². The van der Waals surface area contributed by atoms with Gasteiger partial charge in [0.05, 0.1) is 24.3 Å². The van der Waals surface area contributed by atoms with Crippen LogP contribution in [0.4, 0.5) is 0 Å². The summed E-state index contributed by atoms with van der Waals surface area (Å²) in [6, 6.07) is 9.44. The van der Waals surface area contributed by atoms with E-state index in [1.165, 1.54) is 19.1 Å². The molecule has 3 atom stereocenters. The minimum absolute atomic E-state index is 0.0317. The Labute approximate surface area is 219 Å². The quantitative estimate of drug-likeness (QED) is 0.225. The fourth-order valence-corrected chi connectivity index (χ4v) is 4.99. The molecule has 2 N–H and O–H groups in total. The van der Waals surface area contributed by atoms with Gasteiger partial charge < -0.3 is 33.8 Å². The second kappa shape index (κ2) is 12.0. The first kappa shape index (κ1) is 26.9. The van der Waals surface area contributed by atoms with Gasteiger partial charge in [0, 0.05) is 43.2 Å². The van der Waals surface area contributed by atoms with Gasteiger partial charge in [-0.2, -0.15) is 0 Å². The number of hydrogen-bond donors (Lipinski definition) is 2. The second-order valence-electron chi connectivity index (χ2n) is 8.82. The van der Waals surface area contributed by atoms with E-state index < -0.39 is 17.5 Å². The average molecular weight is 532 g/mol. The predicted molar refractivity (Wildman–Crippen MR) is 138 cm³/mol. The van der Waals surface area contributed by atoms with Crippen LogP contribution in [0.3, 0.4) is 0 Å². The van der Waals surface area contributed by atoms with Crippen LogP contribution in [0, 0.1) is 0 Å². The van der Waals surface area contributed by atoms with Gasteiger partial charge in [0.15, 0.2) is 12.2 Å². The molecule has 3 unspecified atom stereocenters. The van der Waals surface area contributed by atoms with E-state index in [-0.39, 0.29) is 41.2 Å². The maximum Gasteiger partial charge on any atom is 0.302 e. The van der Waals surface area contributed by atoms with Gasteiger partial charge in [-0.15, -0.1) is 0 Å². The van der Waals surface area contributed by atoms with Crippen molar-refractivity contribution >= 4 is 28.5 Å². The fraction of sp³-hybridized carbons (Fsp3) is 0.407. The van der Waals surface area contributed by atoms with Crippen LogP contribution in [0.25, 0.3) is 22.3 Å². The number of halogens is 1. The number of esters is 1. The van der Waals surface area contributed by atoms with E-state index in [1.807, 2.05) is 0 Å². The van der Waals surface area contributed by atoms with Gasteiger partial charge in [-0.25, -0.2) is 0 Å². The molecule has 198 valence electrons. The van der Waals surface area contributed by atoms with Crippen molar-refractivity contribution in [1.82, 2.24) is 5.32 Å². The molecule has 1 fully saturated rings. The van der Waals surface area contributed by atoms with Gasteiger partial charge in [0.25, 0.3) is 0 Å². The number of phenolic OH excluding ortho intramolecular Hbond substituents is 1. The van der Waals surface area contributed by atoms with Gasteiger partial charge in [-0.05, 0) is 32.0 Å². The highest BCUT2D eigenvalue weighted by molar-refractivity contribution is 6.33. The highest BCUT2D eigenvalue weighted by Gasteiger charge is 2.38. The predicted octanol–water partition coefficient (Wildman–Crippen LogP) is 4.22. The summed E-state index contributed by atoms with van der Waals surface area (Å²) in [5, 5.41) is 14.7. The number of carbonyl (C=O) groups excluding carboxylic acids is 1. The van der Waals surface area contributed by atoms with Crippen molar-refractivity contribution < 1.29 is 33.3 Å². The number of nitrogens with one attached hydrogen (secondary N) is 1. The fourth-order valence-electron chi connectivity index (χ4n) is 4.76. The Morgan fingerprint density at radius 2 is 2.05 bits per heavy atom. The summed E-state index contributed by atoms with van der Waals surface area (Å²) < 4.78 is 28.2. The van der Waals surface area contributed by atoms with Crippen molar-refractivity contribution in [3.8, 4) is 22.8 Å². The van der Waals surface area contributed by atoms with Crippen molar-refractivity contribution in [2.45, 2.75) is 38.3 Å². The van der Waals surface area contributed by atoms with Crippen molar-refractivity contribution in [1.29, 1.82) is 0 Å². The Morgan fingerprint density at radius 1 is 1.27 bits per heavy atom. The Morgan fingerprint density at radius 3 is 2.78 bits per heavy atom. The van der Waals surface area contributed by atoms with E-state index in [9.17, 15) is 14.7 Å². The van der Waals surface area contributed by atoms with E-state index in [1.54, 1.807) is 38.3 Å². The summed E-state index contributed by atoms with van der Waals surface area (Å²) in [6.07, 6.45) is 0.176. The van der Waals surface area contributed by atoms with Crippen LogP contribution in [-0.4, -0.2) is 56.9 Å². The number of aromatic hydroxyl groups is 1. The number of hydrogen-bond acceptors (Lipinski definition) is 9. The second-order valence-corrected chi connectivity index (χ2v) is 9.23. The van der Waals surface area contributed by atoms with Crippen molar-refractivity contribution in [2.75, 3.05) is 33.7 Å². The molecule has 0 saturated carbocycles. The van der Waals surface area contributed by atoms with E-state index in [4.69, 9.17) is 35.0 Å². The Bertz CT molecular complexity index is 1320. The molecule has 3 aromatic rings. The molecule has 0 aliphatic carbocycles. The van der Waals surface area contributed by atoms with Crippen molar-refractivity contribution in [3.63, 3.8) is 0 Å². The standard InChI is InChI=1S/C27H30ClNO8/c1-15(36-16(2)30)26-18(8-9-29-26)24-23(35-14-34-11-10-33-3)13-21(32)25-20(31)12-22(37-27(24)25)17-6-4-5-7-19(17)28/h4-7,12-13,15,18,26,29,32H,8-11,14H2,1-3H3. The lowest BCUT2D eigenvalue weighted by Crippen LogP contribution is -2.39. The molecule has 1 saturated heterocycles. The van der Waals surface area contributed by atoms with Gasteiger partial charge in [0.2, 0.25) is 0 Å². The number of carbonyl (C=O) groups is 1. The van der Waals surface area contributed by atoms with E-state index in [0.29, 0.717) is 48.1 Å². The van der Waals surface area contributed by atoms with Crippen LogP contribution >= 0.6 is 11.6 Å². The molecule has 0 radical (unpaired) electrons. The van der Waals surface area contributed by atoms with Gasteiger partial charge in [0.1, 0.15) is 34.3 Å². The highest BCUT2D eigenvalue weighted by atomic mass is 35.5. The molecule has 2 heterocycles. The molecular weight excluding hydrogens is 502 g/mol. The molecule has 0 amide bonds. The molecule has 10 heteroatoms. The molecule has 0 bridgehead atoms. The number of fused-ring (bicyclic) bond motifs is 1. The van der Waals surface area contributed by atoms with Crippen LogP contribution in [-0.2, 0) is 19.0 Å². The molecule has 37 heavy (non-hydrogen) atoms. The zero-order valence-electron chi connectivity index (χ0n) is 20.9. The lowest BCUT2D eigenvalue weighted by atomic mass is 9.87. The first-order valence-electron chi connectivity index (χ1n) is 12.0. The summed E-state index contributed by atoms with van der Waals surface area (Å²) in [5.74, 6) is -0.383. The zero-order valence-corrected chi connectivity index (χ0v) is 21.7. The molecule has 1 aliphatic heterocycles. The minimum Gasteiger partial charge on any atom is -0.507 e. The highest BCUT2D eigenvalue weighted by Crippen LogP contribution is 2.44. The van der Waals surface area contributed by atoms with Crippen LogP contribution < -0.4 is 15.5 Å². The number of rotatable bonds is 10. The molecule has 1 aromatic heterocycles. The van der Waals surface area contributed by atoms with Crippen molar-refractivity contribution in [2.24, 2.45) is 0 Å². The molecule has 9 nitrogen and oxygen atoms in total. The molecule has 4 rings (SSSR count). The summed E-state index contributed by atoms with van der Waals surface area (Å²) >= 11 is 6.39. The smallest absolute Gasteiger partial charge is 0.302 e. The first-order valence-corrected chi connectivity index (χ1v) is 12.4. The number of methoxy groups -OCH3 is 1. The van der Waals surface area contributed by atoms with Crippen molar-refractivity contribution in [3.05, 3.63) is 57.2 Å². The SMILES string of the molecule is COCCOCOc1cc(O)c2c(=O)cc(-c3ccccc3Cl)oc2c1C1CCNC1C(C)OC(C)=O. The zero-order chi connectivity index (χ0) is 26.5. The maximum absolute atomic E-state index is 13.2. The summed E-state index contributed by atoms with van der Waals surface area (Å²) in [5.41, 5.74) is 0.872. The van der Waals surface area contributed by atoms with Crippen LogP contribution in [0.1, 0.15) is 31.7 Å². The Kier molecular flexibility index (Phi) is 8.71. The third-order valence-corrected chi connectivity index (χ3v) is 6.68.